The molecule has 1 aliphatic rings. The highest BCUT2D eigenvalue weighted by atomic mass is 32.2. The predicted octanol–water partition coefficient (Wildman–Crippen LogP) is 1.37. The van der Waals surface area contributed by atoms with E-state index in [4.69, 9.17) is 4.18 Å². The SMILES string of the molecule is CN(C)S(=O)(=O)OC1CCc2ccccc2C1. The first-order valence-corrected chi connectivity index (χ1v) is 7.03. The molecule has 1 aliphatic carbocycles. The second-order valence-corrected chi connectivity index (χ2v) is 6.25. The molecule has 0 N–H and O–H groups in total. The van der Waals surface area contributed by atoms with E-state index >= 15 is 0 Å². The van der Waals surface area contributed by atoms with E-state index < -0.39 is 10.3 Å². The maximum Gasteiger partial charge on any atom is 0.338 e. The van der Waals surface area contributed by atoms with E-state index in [1.54, 1.807) is 0 Å². The van der Waals surface area contributed by atoms with Crippen molar-refractivity contribution in [2.75, 3.05) is 14.1 Å². The minimum atomic E-state index is -3.57. The summed E-state index contributed by atoms with van der Waals surface area (Å²) in [5.74, 6) is 0. The van der Waals surface area contributed by atoms with Gasteiger partial charge in [-0.3, -0.25) is 4.18 Å². The zero-order valence-electron chi connectivity index (χ0n) is 10.1. The third-order valence-corrected chi connectivity index (χ3v) is 4.42. The maximum atomic E-state index is 11.6. The first-order chi connectivity index (χ1) is 7.99. The summed E-state index contributed by atoms with van der Waals surface area (Å²) >= 11 is 0. The molecule has 1 aromatic carbocycles. The Hall–Kier alpha value is -0.910. The molecule has 0 aromatic heterocycles. The summed E-state index contributed by atoms with van der Waals surface area (Å²) in [5.41, 5.74) is 2.49. The summed E-state index contributed by atoms with van der Waals surface area (Å²) in [6.07, 6.45) is 2.06. The number of hydrogen-bond acceptors (Lipinski definition) is 3. The van der Waals surface area contributed by atoms with Crippen molar-refractivity contribution in [1.82, 2.24) is 4.31 Å². The van der Waals surface area contributed by atoms with Gasteiger partial charge >= 0.3 is 10.3 Å². The fraction of sp³-hybridized carbons (Fsp3) is 0.500. The molecule has 5 heteroatoms. The van der Waals surface area contributed by atoms with Crippen LogP contribution < -0.4 is 0 Å². The summed E-state index contributed by atoms with van der Waals surface area (Å²) in [5, 5.41) is 0. The van der Waals surface area contributed by atoms with Crippen LogP contribution in [-0.4, -0.2) is 32.9 Å². The first kappa shape index (κ1) is 12.5. The molecule has 0 saturated carbocycles. The van der Waals surface area contributed by atoms with E-state index in [1.807, 2.05) is 18.2 Å². The van der Waals surface area contributed by atoms with E-state index in [1.165, 1.54) is 25.2 Å². The average molecular weight is 255 g/mol. The normalized spacial score (nSPS) is 20.3. The standard InChI is InChI=1S/C12H17NO3S/c1-13(2)17(14,15)16-12-8-7-10-5-3-4-6-11(10)9-12/h3-6,12H,7-9H2,1-2H3. The lowest BCUT2D eigenvalue weighted by Crippen LogP contribution is -2.32. The van der Waals surface area contributed by atoms with Gasteiger partial charge in [0.15, 0.2) is 0 Å². The van der Waals surface area contributed by atoms with Gasteiger partial charge in [0, 0.05) is 20.5 Å². The van der Waals surface area contributed by atoms with Crippen molar-refractivity contribution in [3.8, 4) is 0 Å². The van der Waals surface area contributed by atoms with Crippen molar-refractivity contribution in [2.24, 2.45) is 0 Å². The van der Waals surface area contributed by atoms with Crippen LogP contribution in [0.3, 0.4) is 0 Å². The van der Waals surface area contributed by atoms with Gasteiger partial charge < -0.3 is 0 Å². The third kappa shape index (κ3) is 2.86. The molecule has 2 rings (SSSR count). The van der Waals surface area contributed by atoms with Crippen LogP contribution in [0, 0.1) is 0 Å². The van der Waals surface area contributed by atoms with Crippen molar-refractivity contribution in [2.45, 2.75) is 25.4 Å². The molecule has 0 amide bonds. The Morgan fingerprint density at radius 2 is 1.88 bits per heavy atom. The van der Waals surface area contributed by atoms with Crippen molar-refractivity contribution in [3.63, 3.8) is 0 Å². The molecule has 0 spiro atoms. The van der Waals surface area contributed by atoms with Crippen molar-refractivity contribution in [3.05, 3.63) is 35.4 Å². The summed E-state index contributed by atoms with van der Waals surface area (Å²) in [6, 6.07) is 8.11. The van der Waals surface area contributed by atoms with E-state index in [-0.39, 0.29) is 6.10 Å². The predicted molar refractivity (Wildman–Crippen MR) is 65.9 cm³/mol. The molecular weight excluding hydrogens is 238 g/mol. The van der Waals surface area contributed by atoms with Crippen molar-refractivity contribution in [1.29, 1.82) is 0 Å². The Kier molecular flexibility index (Phi) is 3.51. The molecule has 0 heterocycles. The van der Waals surface area contributed by atoms with Gasteiger partial charge in [0.05, 0.1) is 6.10 Å². The number of rotatable bonds is 3. The second kappa shape index (κ2) is 4.76. The van der Waals surface area contributed by atoms with Gasteiger partial charge in [-0.15, -0.1) is 0 Å². The van der Waals surface area contributed by atoms with Gasteiger partial charge in [-0.25, -0.2) is 0 Å². The monoisotopic (exact) mass is 255 g/mol. The highest BCUT2D eigenvalue weighted by molar-refractivity contribution is 7.84. The zero-order valence-corrected chi connectivity index (χ0v) is 10.9. The largest absolute Gasteiger partial charge is 0.338 e. The Labute approximate surface area is 102 Å². The van der Waals surface area contributed by atoms with Crippen LogP contribution >= 0.6 is 0 Å². The Bertz CT molecular complexity index is 496. The van der Waals surface area contributed by atoms with Crippen molar-refractivity contribution >= 4 is 10.3 Å². The molecule has 0 fully saturated rings. The van der Waals surface area contributed by atoms with Gasteiger partial charge in [0.25, 0.3) is 0 Å². The van der Waals surface area contributed by atoms with Gasteiger partial charge in [-0.1, -0.05) is 24.3 Å². The molecule has 4 nitrogen and oxygen atoms in total. The molecule has 0 saturated heterocycles. The number of benzene rings is 1. The zero-order chi connectivity index (χ0) is 12.5. The number of hydrogen-bond donors (Lipinski definition) is 0. The Balaban J connectivity index is 2.09. The Morgan fingerprint density at radius 1 is 1.24 bits per heavy atom. The minimum absolute atomic E-state index is 0.239. The molecule has 1 unspecified atom stereocenters. The molecule has 0 radical (unpaired) electrons. The fourth-order valence-corrected chi connectivity index (χ4v) is 2.68. The van der Waals surface area contributed by atoms with Gasteiger partial charge in [-0.2, -0.15) is 12.7 Å². The van der Waals surface area contributed by atoms with Crippen LogP contribution in [-0.2, 0) is 27.3 Å². The van der Waals surface area contributed by atoms with Crippen LogP contribution in [0.5, 0.6) is 0 Å². The molecule has 94 valence electrons. The minimum Gasteiger partial charge on any atom is -0.254 e. The molecular formula is C12H17NO3S. The van der Waals surface area contributed by atoms with Gasteiger partial charge in [-0.05, 0) is 24.0 Å². The van der Waals surface area contributed by atoms with Gasteiger partial charge in [0.1, 0.15) is 0 Å². The topological polar surface area (TPSA) is 46.6 Å². The van der Waals surface area contributed by atoms with Crippen molar-refractivity contribution < 1.29 is 12.6 Å². The summed E-state index contributed by atoms with van der Waals surface area (Å²) in [6.45, 7) is 0. The maximum absolute atomic E-state index is 11.6. The van der Waals surface area contributed by atoms with E-state index in [2.05, 4.69) is 6.07 Å². The number of nitrogens with zero attached hydrogens (tertiary/aromatic N) is 1. The van der Waals surface area contributed by atoms with E-state index in [9.17, 15) is 8.42 Å². The second-order valence-electron chi connectivity index (χ2n) is 4.47. The van der Waals surface area contributed by atoms with Gasteiger partial charge in [0.2, 0.25) is 0 Å². The quantitative estimate of drug-likeness (QED) is 0.819. The smallest absolute Gasteiger partial charge is 0.254 e. The van der Waals surface area contributed by atoms with Crippen LogP contribution in [0.25, 0.3) is 0 Å². The van der Waals surface area contributed by atoms with E-state index in [0.717, 1.165) is 17.1 Å². The van der Waals surface area contributed by atoms with Crippen LogP contribution in [0.1, 0.15) is 17.5 Å². The fourth-order valence-electron chi connectivity index (χ4n) is 2.00. The van der Waals surface area contributed by atoms with Crippen LogP contribution in [0.2, 0.25) is 0 Å². The summed E-state index contributed by atoms with van der Waals surface area (Å²) in [4.78, 5) is 0. The molecule has 1 atom stereocenters. The van der Waals surface area contributed by atoms with E-state index in [0.29, 0.717) is 6.42 Å². The highest BCUT2D eigenvalue weighted by Crippen LogP contribution is 2.24. The number of aryl methyl sites for hydroxylation is 1. The molecule has 0 aliphatic heterocycles. The number of fused-ring (bicyclic) bond motifs is 1. The van der Waals surface area contributed by atoms with Crippen LogP contribution in [0.4, 0.5) is 0 Å². The lowest BCUT2D eigenvalue weighted by Gasteiger charge is -2.25. The lowest BCUT2D eigenvalue weighted by molar-refractivity contribution is 0.178. The molecule has 1 aromatic rings. The average Bonchev–Trinajstić information content (AvgIpc) is 2.28. The third-order valence-electron chi connectivity index (χ3n) is 3.01. The highest BCUT2D eigenvalue weighted by Gasteiger charge is 2.25. The Morgan fingerprint density at radius 3 is 2.53 bits per heavy atom. The molecule has 0 bridgehead atoms. The lowest BCUT2D eigenvalue weighted by atomic mass is 9.90. The molecule has 17 heavy (non-hydrogen) atoms. The first-order valence-electron chi connectivity index (χ1n) is 5.66. The summed E-state index contributed by atoms with van der Waals surface area (Å²) in [7, 11) is -0.610. The van der Waals surface area contributed by atoms with Crippen LogP contribution in [0.15, 0.2) is 24.3 Å². The summed E-state index contributed by atoms with van der Waals surface area (Å²) < 4.78 is 29.5.